The third-order valence-electron chi connectivity index (χ3n) is 2.50. The van der Waals surface area contributed by atoms with Gasteiger partial charge in [0.05, 0.1) is 11.6 Å². The Hall–Kier alpha value is -2.05. The van der Waals surface area contributed by atoms with Gasteiger partial charge in [0.1, 0.15) is 0 Å². The summed E-state index contributed by atoms with van der Waals surface area (Å²) in [4.78, 5) is 0. The van der Waals surface area contributed by atoms with Crippen molar-refractivity contribution in [2.24, 2.45) is 5.73 Å². The molecule has 16 heavy (non-hydrogen) atoms. The second-order valence-electron chi connectivity index (χ2n) is 3.70. The summed E-state index contributed by atoms with van der Waals surface area (Å²) in [6.07, 6.45) is 4.05. The van der Waals surface area contributed by atoms with E-state index in [0.717, 1.165) is 12.1 Å². The molecule has 0 saturated carbocycles. The van der Waals surface area contributed by atoms with Crippen LogP contribution in [-0.2, 0) is 13.1 Å². The van der Waals surface area contributed by atoms with Crippen LogP contribution in [0.4, 0.5) is 0 Å². The summed E-state index contributed by atoms with van der Waals surface area (Å²) in [5.41, 5.74) is 8.55. The van der Waals surface area contributed by atoms with Crippen molar-refractivity contribution in [1.29, 1.82) is 5.26 Å². The largest absolute Gasteiger partial charge is 0.350 e. The summed E-state index contributed by atoms with van der Waals surface area (Å²) in [6.45, 7) is 1.38. The molecule has 0 amide bonds. The average molecular weight is 211 g/mol. The molecule has 0 spiro atoms. The first kappa shape index (κ1) is 10.5. The highest BCUT2D eigenvalue weighted by Gasteiger charge is 1.97. The first-order valence-corrected chi connectivity index (χ1v) is 5.15. The molecule has 0 atom stereocenters. The van der Waals surface area contributed by atoms with Gasteiger partial charge >= 0.3 is 0 Å². The summed E-state index contributed by atoms with van der Waals surface area (Å²) in [7, 11) is 0. The second kappa shape index (κ2) is 4.65. The lowest BCUT2D eigenvalue weighted by Gasteiger charge is -2.02. The van der Waals surface area contributed by atoms with Crippen LogP contribution in [0.2, 0.25) is 0 Å². The maximum absolute atomic E-state index is 8.68. The number of rotatable bonds is 3. The van der Waals surface area contributed by atoms with E-state index in [1.807, 2.05) is 42.7 Å². The van der Waals surface area contributed by atoms with Crippen molar-refractivity contribution in [3.63, 3.8) is 0 Å². The van der Waals surface area contributed by atoms with Crippen LogP contribution >= 0.6 is 0 Å². The molecule has 0 aliphatic carbocycles. The van der Waals surface area contributed by atoms with E-state index in [1.54, 1.807) is 0 Å². The molecule has 80 valence electrons. The topological polar surface area (TPSA) is 54.7 Å². The van der Waals surface area contributed by atoms with Crippen LogP contribution in [-0.4, -0.2) is 4.57 Å². The number of aromatic nitrogens is 1. The molecule has 0 unspecified atom stereocenters. The standard InChI is InChI=1S/C13H13N3/c14-7-11-1-3-12(4-2-11)9-16-6-5-13(8-15)10-16/h1-6,10H,8-9,15H2. The van der Waals surface area contributed by atoms with Gasteiger partial charge in [-0.05, 0) is 29.3 Å². The van der Waals surface area contributed by atoms with Crippen LogP contribution < -0.4 is 5.73 Å². The normalized spacial score (nSPS) is 10.0. The molecule has 3 nitrogen and oxygen atoms in total. The molecule has 0 aliphatic rings. The van der Waals surface area contributed by atoms with Gasteiger partial charge < -0.3 is 10.3 Å². The summed E-state index contributed by atoms with van der Waals surface area (Å²) in [6, 6.07) is 11.7. The number of nitriles is 1. The Bertz CT molecular complexity index is 503. The molecule has 0 saturated heterocycles. The van der Waals surface area contributed by atoms with Gasteiger partial charge in [-0.2, -0.15) is 5.26 Å². The third kappa shape index (κ3) is 2.30. The molecule has 2 aromatic rings. The molecule has 0 aliphatic heterocycles. The molecule has 1 aromatic carbocycles. The second-order valence-corrected chi connectivity index (χ2v) is 3.70. The lowest BCUT2D eigenvalue weighted by atomic mass is 10.1. The molecule has 3 heteroatoms. The Morgan fingerprint density at radius 1 is 1.12 bits per heavy atom. The fraction of sp³-hybridized carbons (Fsp3) is 0.154. The zero-order valence-corrected chi connectivity index (χ0v) is 8.93. The number of nitrogens with two attached hydrogens (primary N) is 1. The molecule has 2 N–H and O–H groups in total. The fourth-order valence-electron chi connectivity index (χ4n) is 1.61. The van der Waals surface area contributed by atoms with E-state index in [1.165, 1.54) is 5.56 Å². The molecule has 1 heterocycles. The van der Waals surface area contributed by atoms with E-state index in [2.05, 4.69) is 10.6 Å². The maximum Gasteiger partial charge on any atom is 0.0991 e. The van der Waals surface area contributed by atoms with Crippen LogP contribution in [0.15, 0.2) is 42.7 Å². The van der Waals surface area contributed by atoms with Gasteiger partial charge in [0.15, 0.2) is 0 Å². The molecule has 0 bridgehead atoms. The zero-order valence-electron chi connectivity index (χ0n) is 8.93. The minimum absolute atomic E-state index is 0.570. The molecular weight excluding hydrogens is 198 g/mol. The summed E-state index contributed by atoms with van der Waals surface area (Å²) >= 11 is 0. The minimum atomic E-state index is 0.570. The maximum atomic E-state index is 8.68. The van der Waals surface area contributed by atoms with Crippen molar-refractivity contribution in [3.8, 4) is 6.07 Å². The minimum Gasteiger partial charge on any atom is -0.350 e. The van der Waals surface area contributed by atoms with Gasteiger partial charge in [-0.1, -0.05) is 12.1 Å². The van der Waals surface area contributed by atoms with E-state index in [9.17, 15) is 0 Å². The highest BCUT2D eigenvalue weighted by molar-refractivity contribution is 5.31. The highest BCUT2D eigenvalue weighted by Crippen LogP contribution is 2.07. The Morgan fingerprint density at radius 3 is 2.44 bits per heavy atom. The predicted molar refractivity (Wildman–Crippen MR) is 62.6 cm³/mol. The van der Waals surface area contributed by atoms with Crippen molar-refractivity contribution < 1.29 is 0 Å². The van der Waals surface area contributed by atoms with Crippen LogP contribution in [0.5, 0.6) is 0 Å². The molecule has 0 fully saturated rings. The Labute approximate surface area is 94.7 Å². The first-order chi connectivity index (χ1) is 7.81. The van der Waals surface area contributed by atoms with Gasteiger partial charge in [-0.15, -0.1) is 0 Å². The van der Waals surface area contributed by atoms with Crippen molar-refractivity contribution in [1.82, 2.24) is 4.57 Å². The highest BCUT2D eigenvalue weighted by atomic mass is 14.9. The monoisotopic (exact) mass is 211 g/mol. The zero-order chi connectivity index (χ0) is 11.4. The number of benzene rings is 1. The molecule has 2 rings (SSSR count). The summed E-state index contributed by atoms with van der Waals surface area (Å²) in [5.74, 6) is 0. The summed E-state index contributed by atoms with van der Waals surface area (Å²) in [5, 5.41) is 8.68. The van der Waals surface area contributed by atoms with Gasteiger partial charge in [0.2, 0.25) is 0 Å². The summed E-state index contributed by atoms with van der Waals surface area (Å²) < 4.78 is 2.09. The van der Waals surface area contributed by atoms with Crippen molar-refractivity contribution in [3.05, 3.63) is 59.4 Å². The molecule has 1 aromatic heterocycles. The van der Waals surface area contributed by atoms with E-state index >= 15 is 0 Å². The lowest BCUT2D eigenvalue weighted by Crippen LogP contribution is -1.97. The van der Waals surface area contributed by atoms with Crippen LogP contribution in [0.25, 0.3) is 0 Å². The van der Waals surface area contributed by atoms with Crippen molar-refractivity contribution in [2.75, 3.05) is 0 Å². The van der Waals surface area contributed by atoms with Gasteiger partial charge in [0, 0.05) is 25.5 Å². The third-order valence-corrected chi connectivity index (χ3v) is 2.50. The predicted octanol–water partition coefficient (Wildman–Crippen LogP) is 1.87. The van der Waals surface area contributed by atoms with Crippen molar-refractivity contribution in [2.45, 2.75) is 13.1 Å². The molecule has 0 radical (unpaired) electrons. The quantitative estimate of drug-likeness (QED) is 0.842. The first-order valence-electron chi connectivity index (χ1n) is 5.15. The Kier molecular flexibility index (Phi) is 3.04. The van der Waals surface area contributed by atoms with E-state index < -0.39 is 0 Å². The number of hydrogen-bond acceptors (Lipinski definition) is 2. The van der Waals surface area contributed by atoms with Crippen molar-refractivity contribution >= 4 is 0 Å². The Morgan fingerprint density at radius 2 is 1.88 bits per heavy atom. The van der Waals surface area contributed by atoms with E-state index in [0.29, 0.717) is 12.1 Å². The number of nitrogens with zero attached hydrogens (tertiary/aromatic N) is 2. The Balaban J connectivity index is 2.11. The van der Waals surface area contributed by atoms with Crippen LogP contribution in [0.3, 0.4) is 0 Å². The van der Waals surface area contributed by atoms with Gasteiger partial charge in [-0.25, -0.2) is 0 Å². The average Bonchev–Trinajstić information content (AvgIpc) is 2.78. The van der Waals surface area contributed by atoms with Crippen LogP contribution in [0, 0.1) is 11.3 Å². The number of hydrogen-bond donors (Lipinski definition) is 1. The van der Waals surface area contributed by atoms with E-state index in [-0.39, 0.29) is 0 Å². The molecular formula is C13H13N3. The smallest absolute Gasteiger partial charge is 0.0991 e. The van der Waals surface area contributed by atoms with Gasteiger partial charge in [0.25, 0.3) is 0 Å². The lowest BCUT2D eigenvalue weighted by molar-refractivity contribution is 0.801. The van der Waals surface area contributed by atoms with Crippen LogP contribution in [0.1, 0.15) is 16.7 Å². The van der Waals surface area contributed by atoms with Gasteiger partial charge in [-0.3, -0.25) is 0 Å². The van der Waals surface area contributed by atoms with E-state index in [4.69, 9.17) is 11.0 Å². The SMILES string of the molecule is N#Cc1ccc(Cn2ccc(CN)c2)cc1. The fourth-order valence-corrected chi connectivity index (χ4v) is 1.61.